The van der Waals surface area contributed by atoms with Crippen LogP contribution in [0.15, 0.2) is 53.1 Å². The molecule has 3 aromatic rings. The molecular formula is C17H13N3O. The van der Waals surface area contributed by atoms with Gasteiger partial charge in [0.2, 0.25) is 0 Å². The topological polar surface area (TPSA) is 62.7 Å². The van der Waals surface area contributed by atoms with Crippen LogP contribution in [-0.2, 0) is 6.42 Å². The Morgan fingerprint density at radius 2 is 1.95 bits per heavy atom. The maximum Gasteiger partial charge on any atom is 0.257 e. The Balaban J connectivity index is 1.81. The summed E-state index contributed by atoms with van der Waals surface area (Å²) in [5.74, 6) is 1.13. The molecule has 0 amide bonds. The second-order valence-corrected chi connectivity index (χ2v) is 4.87. The molecule has 4 heteroatoms. The van der Waals surface area contributed by atoms with Gasteiger partial charge in [0.1, 0.15) is 0 Å². The van der Waals surface area contributed by atoms with E-state index in [0.717, 1.165) is 11.1 Å². The molecule has 0 aliphatic carbocycles. The average molecular weight is 275 g/mol. The lowest BCUT2D eigenvalue weighted by molar-refractivity contribution is 0.424. The molecule has 2 aromatic carbocycles. The summed E-state index contributed by atoms with van der Waals surface area (Å²) in [6, 6.07) is 17.4. The van der Waals surface area contributed by atoms with E-state index in [4.69, 9.17) is 9.78 Å². The molecule has 0 radical (unpaired) electrons. The van der Waals surface area contributed by atoms with Crippen molar-refractivity contribution in [1.82, 2.24) is 10.1 Å². The van der Waals surface area contributed by atoms with E-state index in [9.17, 15) is 0 Å². The first kappa shape index (κ1) is 13.1. The summed E-state index contributed by atoms with van der Waals surface area (Å²) in [4.78, 5) is 4.40. The molecule has 0 aliphatic heterocycles. The van der Waals surface area contributed by atoms with E-state index >= 15 is 0 Å². The number of hydrogen-bond donors (Lipinski definition) is 0. The maximum atomic E-state index is 8.79. The summed E-state index contributed by atoms with van der Waals surface area (Å²) in [6.45, 7) is 2.06. The first-order chi connectivity index (χ1) is 10.2. The van der Waals surface area contributed by atoms with Crippen molar-refractivity contribution in [2.75, 3.05) is 0 Å². The summed E-state index contributed by atoms with van der Waals surface area (Å²) in [7, 11) is 0. The van der Waals surface area contributed by atoms with Crippen molar-refractivity contribution in [3.8, 4) is 17.5 Å². The highest BCUT2D eigenvalue weighted by Gasteiger charge is 2.09. The third kappa shape index (κ3) is 2.98. The van der Waals surface area contributed by atoms with Crippen LogP contribution in [0.2, 0.25) is 0 Å². The van der Waals surface area contributed by atoms with Gasteiger partial charge in [-0.3, -0.25) is 0 Å². The highest BCUT2D eigenvalue weighted by Crippen LogP contribution is 2.18. The van der Waals surface area contributed by atoms with Gasteiger partial charge in [-0.25, -0.2) is 0 Å². The molecular weight excluding hydrogens is 262 g/mol. The van der Waals surface area contributed by atoms with E-state index in [0.29, 0.717) is 23.7 Å². The van der Waals surface area contributed by atoms with Crippen molar-refractivity contribution >= 4 is 0 Å². The molecule has 0 saturated heterocycles. The second-order valence-electron chi connectivity index (χ2n) is 4.87. The van der Waals surface area contributed by atoms with Crippen molar-refractivity contribution in [2.24, 2.45) is 0 Å². The smallest absolute Gasteiger partial charge is 0.257 e. The molecule has 0 N–H and O–H groups in total. The molecule has 0 unspecified atom stereocenters. The van der Waals surface area contributed by atoms with Crippen LogP contribution in [-0.4, -0.2) is 10.1 Å². The fourth-order valence-electron chi connectivity index (χ4n) is 2.14. The van der Waals surface area contributed by atoms with Gasteiger partial charge < -0.3 is 4.52 Å². The quantitative estimate of drug-likeness (QED) is 0.733. The fourth-order valence-corrected chi connectivity index (χ4v) is 2.14. The lowest BCUT2D eigenvalue weighted by Crippen LogP contribution is -1.91. The van der Waals surface area contributed by atoms with Gasteiger partial charge in [0.15, 0.2) is 5.82 Å². The Morgan fingerprint density at radius 3 is 2.67 bits per heavy atom. The van der Waals surface area contributed by atoms with Crippen molar-refractivity contribution in [1.29, 1.82) is 5.26 Å². The number of nitrogens with zero attached hydrogens (tertiary/aromatic N) is 3. The van der Waals surface area contributed by atoms with Crippen LogP contribution in [0.5, 0.6) is 0 Å². The molecule has 0 saturated carbocycles. The van der Waals surface area contributed by atoms with Gasteiger partial charge in [-0.1, -0.05) is 35.0 Å². The molecule has 0 spiro atoms. The first-order valence-corrected chi connectivity index (χ1v) is 6.63. The third-order valence-electron chi connectivity index (χ3n) is 3.17. The molecule has 1 heterocycles. The van der Waals surface area contributed by atoms with E-state index in [-0.39, 0.29) is 0 Å². The Hall–Kier alpha value is -2.93. The van der Waals surface area contributed by atoms with Crippen LogP contribution in [0.1, 0.15) is 22.5 Å². The lowest BCUT2D eigenvalue weighted by atomic mass is 10.1. The van der Waals surface area contributed by atoms with Crippen LogP contribution in [0.25, 0.3) is 11.5 Å². The van der Waals surface area contributed by atoms with Gasteiger partial charge in [-0.15, -0.1) is 0 Å². The summed E-state index contributed by atoms with van der Waals surface area (Å²) in [5, 5.41) is 12.8. The summed E-state index contributed by atoms with van der Waals surface area (Å²) >= 11 is 0. The van der Waals surface area contributed by atoms with Crippen LogP contribution < -0.4 is 0 Å². The summed E-state index contributed by atoms with van der Waals surface area (Å²) in [5.41, 5.74) is 3.79. The van der Waals surface area contributed by atoms with E-state index in [2.05, 4.69) is 35.3 Å². The van der Waals surface area contributed by atoms with E-state index < -0.39 is 0 Å². The minimum Gasteiger partial charge on any atom is -0.334 e. The van der Waals surface area contributed by atoms with Crippen LogP contribution in [0.3, 0.4) is 0 Å². The van der Waals surface area contributed by atoms with Gasteiger partial charge in [-0.2, -0.15) is 10.2 Å². The Bertz CT molecular complexity index is 797. The minimum atomic E-state index is 0.474. The summed E-state index contributed by atoms with van der Waals surface area (Å²) < 4.78 is 5.28. The molecule has 0 atom stereocenters. The van der Waals surface area contributed by atoms with Crippen molar-refractivity contribution in [3.05, 3.63) is 71.0 Å². The Kier molecular flexibility index (Phi) is 3.48. The van der Waals surface area contributed by atoms with E-state index in [1.165, 1.54) is 5.56 Å². The molecule has 0 aliphatic rings. The number of hydrogen-bond acceptors (Lipinski definition) is 4. The zero-order valence-electron chi connectivity index (χ0n) is 11.6. The van der Waals surface area contributed by atoms with Crippen LogP contribution in [0, 0.1) is 18.3 Å². The highest BCUT2D eigenvalue weighted by molar-refractivity contribution is 5.54. The predicted octanol–water partition coefficient (Wildman–Crippen LogP) is 3.51. The molecule has 4 nitrogen and oxygen atoms in total. The minimum absolute atomic E-state index is 0.474. The standard InChI is InChI=1S/C17H13N3O/c1-12-3-2-4-14(9-12)10-16-19-17(21-20-16)15-7-5-13(11-18)6-8-15/h2-9H,10H2,1H3. The molecule has 1 aromatic heterocycles. The molecule has 21 heavy (non-hydrogen) atoms. The van der Waals surface area contributed by atoms with Crippen molar-refractivity contribution < 1.29 is 4.52 Å². The normalized spacial score (nSPS) is 10.3. The molecule has 0 bridgehead atoms. The zero-order chi connectivity index (χ0) is 14.7. The molecule has 0 fully saturated rings. The second kappa shape index (κ2) is 5.59. The molecule has 3 rings (SSSR count). The predicted molar refractivity (Wildman–Crippen MR) is 78.4 cm³/mol. The van der Waals surface area contributed by atoms with Gasteiger partial charge in [0.05, 0.1) is 11.6 Å². The van der Waals surface area contributed by atoms with Gasteiger partial charge in [0, 0.05) is 12.0 Å². The number of nitriles is 1. The zero-order valence-corrected chi connectivity index (χ0v) is 11.6. The number of aryl methyl sites for hydroxylation is 1. The van der Waals surface area contributed by atoms with E-state index in [1.807, 2.05) is 24.3 Å². The third-order valence-corrected chi connectivity index (χ3v) is 3.17. The van der Waals surface area contributed by atoms with E-state index in [1.54, 1.807) is 12.1 Å². The van der Waals surface area contributed by atoms with Gasteiger partial charge in [-0.05, 0) is 36.8 Å². The van der Waals surface area contributed by atoms with Crippen molar-refractivity contribution in [3.63, 3.8) is 0 Å². The monoisotopic (exact) mass is 275 g/mol. The number of aromatic nitrogens is 2. The average Bonchev–Trinajstić information content (AvgIpc) is 2.96. The van der Waals surface area contributed by atoms with Gasteiger partial charge in [0.25, 0.3) is 5.89 Å². The summed E-state index contributed by atoms with van der Waals surface area (Å²) in [6.07, 6.45) is 0.640. The SMILES string of the molecule is Cc1cccc(Cc2noc(-c3ccc(C#N)cc3)n2)c1. The maximum absolute atomic E-state index is 8.79. The van der Waals surface area contributed by atoms with Gasteiger partial charge >= 0.3 is 0 Å². The Morgan fingerprint density at radius 1 is 1.14 bits per heavy atom. The largest absolute Gasteiger partial charge is 0.334 e. The molecule has 102 valence electrons. The lowest BCUT2D eigenvalue weighted by Gasteiger charge is -1.97. The number of rotatable bonds is 3. The van der Waals surface area contributed by atoms with Crippen molar-refractivity contribution in [2.45, 2.75) is 13.3 Å². The van der Waals surface area contributed by atoms with Crippen LogP contribution in [0.4, 0.5) is 0 Å². The first-order valence-electron chi connectivity index (χ1n) is 6.63. The van der Waals surface area contributed by atoms with Crippen LogP contribution >= 0.6 is 0 Å². The Labute approximate surface area is 122 Å². The fraction of sp³-hybridized carbons (Fsp3) is 0.118. The number of benzene rings is 2. The highest BCUT2D eigenvalue weighted by atomic mass is 16.5.